The molecule has 0 saturated heterocycles. The maximum Gasteiger partial charge on any atom is 0.416 e. The van der Waals surface area contributed by atoms with E-state index in [1.165, 1.54) is 12.1 Å². The van der Waals surface area contributed by atoms with Crippen LogP contribution in [0.1, 0.15) is 55.4 Å². The third-order valence-electron chi connectivity index (χ3n) is 4.59. The van der Waals surface area contributed by atoms with Gasteiger partial charge in [-0.2, -0.15) is 18.4 Å². The fourth-order valence-corrected chi connectivity index (χ4v) is 3.08. The SMILES string of the molecule is CC(C)(C)OC(=O)NCCc1cccc(CCC(C#N)c2ccc(C(F)(F)F)cc2)c1. The number of aryl methyl sites for hydroxylation is 1. The van der Waals surface area contributed by atoms with Gasteiger partial charge in [-0.15, -0.1) is 0 Å². The Hall–Kier alpha value is -3.01. The zero-order valence-corrected chi connectivity index (χ0v) is 17.9. The van der Waals surface area contributed by atoms with Crippen LogP contribution in [0.2, 0.25) is 0 Å². The van der Waals surface area contributed by atoms with Crippen molar-refractivity contribution in [3.8, 4) is 6.07 Å². The minimum atomic E-state index is -4.39. The van der Waals surface area contributed by atoms with Crippen molar-refractivity contribution in [1.82, 2.24) is 5.32 Å². The topological polar surface area (TPSA) is 62.1 Å². The number of hydrogen-bond donors (Lipinski definition) is 1. The molecule has 1 unspecified atom stereocenters. The highest BCUT2D eigenvalue weighted by atomic mass is 19.4. The van der Waals surface area contributed by atoms with Gasteiger partial charge in [-0.05, 0) is 68.9 Å². The standard InChI is InChI=1S/C24H27F3N2O2/c1-23(2,3)31-22(30)29-14-13-18-6-4-5-17(15-18)7-8-20(16-28)19-9-11-21(12-10-19)24(25,26)27/h4-6,9-12,15,20H,7-8,13-14H2,1-3H3,(H,29,30). The number of nitrogens with zero attached hydrogens (tertiary/aromatic N) is 1. The van der Waals surface area contributed by atoms with Gasteiger partial charge in [0.25, 0.3) is 0 Å². The molecule has 0 aromatic heterocycles. The highest BCUT2D eigenvalue weighted by molar-refractivity contribution is 5.67. The first-order chi connectivity index (χ1) is 14.5. The summed E-state index contributed by atoms with van der Waals surface area (Å²) in [4.78, 5) is 11.7. The van der Waals surface area contributed by atoms with E-state index in [1.807, 2.05) is 24.3 Å². The van der Waals surface area contributed by atoms with Gasteiger partial charge in [0.05, 0.1) is 17.6 Å². The van der Waals surface area contributed by atoms with Crippen LogP contribution in [0.4, 0.5) is 18.0 Å². The summed E-state index contributed by atoms with van der Waals surface area (Å²) in [5.74, 6) is -0.486. The number of benzene rings is 2. The van der Waals surface area contributed by atoms with Gasteiger partial charge in [0.15, 0.2) is 0 Å². The highest BCUT2D eigenvalue weighted by Gasteiger charge is 2.30. The zero-order valence-electron chi connectivity index (χ0n) is 17.9. The maximum atomic E-state index is 12.7. The lowest BCUT2D eigenvalue weighted by atomic mass is 9.92. The molecule has 166 valence electrons. The van der Waals surface area contributed by atoms with Crippen LogP contribution in [-0.2, 0) is 23.8 Å². The Morgan fingerprint density at radius 2 is 1.68 bits per heavy atom. The molecule has 7 heteroatoms. The number of amides is 1. The predicted molar refractivity (Wildman–Crippen MR) is 113 cm³/mol. The lowest BCUT2D eigenvalue weighted by molar-refractivity contribution is -0.137. The molecule has 0 aliphatic carbocycles. The van der Waals surface area contributed by atoms with E-state index in [4.69, 9.17) is 4.74 Å². The van der Waals surface area contributed by atoms with E-state index >= 15 is 0 Å². The monoisotopic (exact) mass is 432 g/mol. The Morgan fingerprint density at radius 1 is 1.06 bits per heavy atom. The summed E-state index contributed by atoms with van der Waals surface area (Å²) in [6.45, 7) is 5.84. The van der Waals surface area contributed by atoms with Crippen LogP contribution in [-0.4, -0.2) is 18.2 Å². The third-order valence-corrected chi connectivity index (χ3v) is 4.59. The average Bonchev–Trinajstić information content (AvgIpc) is 2.67. The van der Waals surface area contributed by atoms with Gasteiger partial charge in [-0.1, -0.05) is 36.4 Å². The van der Waals surface area contributed by atoms with Crippen molar-refractivity contribution >= 4 is 6.09 Å². The quantitative estimate of drug-likeness (QED) is 0.583. The maximum absolute atomic E-state index is 12.7. The Labute approximate surface area is 181 Å². The molecule has 0 heterocycles. The second-order valence-corrected chi connectivity index (χ2v) is 8.34. The van der Waals surface area contributed by atoms with Crippen molar-refractivity contribution in [2.45, 2.75) is 57.7 Å². The predicted octanol–water partition coefficient (Wildman–Crippen LogP) is 6.01. The lowest BCUT2D eigenvalue weighted by Gasteiger charge is -2.19. The molecule has 0 bridgehead atoms. The van der Waals surface area contributed by atoms with E-state index in [9.17, 15) is 23.2 Å². The molecule has 0 aliphatic heterocycles. The first-order valence-electron chi connectivity index (χ1n) is 10.1. The molecule has 1 amide bonds. The molecule has 4 nitrogen and oxygen atoms in total. The molecule has 0 radical (unpaired) electrons. The van der Waals surface area contributed by atoms with Crippen molar-refractivity contribution in [3.63, 3.8) is 0 Å². The van der Waals surface area contributed by atoms with Crippen LogP contribution >= 0.6 is 0 Å². The molecule has 0 aliphatic rings. The Morgan fingerprint density at radius 3 is 2.23 bits per heavy atom. The van der Waals surface area contributed by atoms with Crippen LogP contribution < -0.4 is 5.32 Å². The second-order valence-electron chi connectivity index (χ2n) is 8.34. The van der Waals surface area contributed by atoms with Crippen molar-refractivity contribution < 1.29 is 22.7 Å². The second kappa shape index (κ2) is 10.3. The molecule has 2 aromatic carbocycles. The number of ether oxygens (including phenoxy) is 1. The van der Waals surface area contributed by atoms with Crippen LogP contribution in [0.5, 0.6) is 0 Å². The summed E-state index contributed by atoms with van der Waals surface area (Å²) in [5, 5.41) is 12.2. The lowest BCUT2D eigenvalue weighted by Crippen LogP contribution is -2.33. The van der Waals surface area contributed by atoms with Crippen molar-refractivity contribution in [2.24, 2.45) is 0 Å². The van der Waals surface area contributed by atoms with Gasteiger partial charge in [-0.3, -0.25) is 0 Å². The van der Waals surface area contributed by atoms with Gasteiger partial charge < -0.3 is 10.1 Å². The minimum Gasteiger partial charge on any atom is -0.444 e. The van der Waals surface area contributed by atoms with Gasteiger partial charge in [0.1, 0.15) is 5.60 Å². The first-order valence-corrected chi connectivity index (χ1v) is 10.1. The van der Waals surface area contributed by atoms with Crippen LogP contribution in [0.25, 0.3) is 0 Å². The summed E-state index contributed by atoms with van der Waals surface area (Å²) in [5.41, 5.74) is 1.38. The number of carbonyl (C=O) groups excluding carboxylic acids is 1. The number of nitrogens with one attached hydrogen (secondary N) is 1. The summed E-state index contributed by atoms with van der Waals surface area (Å²) >= 11 is 0. The number of carbonyl (C=O) groups is 1. The first kappa shape index (κ1) is 24.3. The van der Waals surface area contributed by atoms with Crippen molar-refractivity contribution in [1.29, 1.82) is 5.26 Å². The summed E-state index contributed by atoms with van der Waals surface area (Å²) < 4.78 is 43.4. The largest absolute Gasteiger partial charge is 0.444 e. The van der Waals surface area contributed by atoms with E-state index in [0.29, 0.717) is 31.4 Å². The molecular weight excluding hydrogens is 405 g/mol. The fraction of sp³-hybridized carbons (Fsp3) is 0.417. The number of hydrogen-bond acceptors (Lipinski definition) is 3. The highest BCUT2D eigenvalue weighted by Crippen LogP contribution is 2.31. The van der Waals surface area contributed by atoms with Crippen LogP contribution in [0, 0.1) is 11.3 Å². The van der Waals surface area contributed by atoms with Gasteiger partial charge in [0, 0.05) is 6.54 Å². The van der Waals surface area contributed by atoms with E-state index in [-0.39, 0.29) is 0 Å². The third kappa shape index (κ3) is 8.33. The molecule has 1 N–H and O–H groups in total. The van der Waals surface area contributed by atoms with E-state index in [0.717, 1.165) is 23.3 Å². The van der Waals surface area contributed by atoms with Crippen LogP contribution in [0.3, 0.4) is 0 Å². The summed E-state index contributed by atoms with van der Waals surface area (Å²) in [6.07, 6.45) is -3.10. The number of nitriles is 1. The molecular formula is C24H27F3N2O2. The Balaban J connectivity index is 1.90. The van der Waals surface area contributed by atoms with Gasteiger partial charge >= 0.3 is 12.3 Å². The van der Waals surface area contributed by atoms with E-state index < -0.39 is 29.4 Å². The van der Waals surface area contributed by atoms with Crippen LogP contribution in [0.15, 0.2) is 48.5 Å². The number of rotatable bonds is 7. The summed E-state index contributed by atoms with van der Waals surface area (Å²) in [7, 11) is 0. The smallest absolute Gasteiger partial charge is 0.416 e. The molecule has 2 aromatic rings. The van der Waals surface area contributed by atoms with Crippen molar-refractivity contribution in [2.75, 3.05) is 6.54 Å². The number of alkyl carbamates (subject to hydrolysis) is 1. The summed E-state index contributed by atoms with van der Waals surface area (Å²) in [6, 6.07) is 14.8. The van der Waals surface area contributed by atoms with Gasteiger partial charge in [0.2, 0.25) is 0 Å². The molecule has 2 rings (SSSR count). The molecule has 0 saturated carbocycles. The van der Waals surface area contributed by atoms with E-state index in [2.05, 4.69) is 11.4 Å². The Kier molecular flexibility index (Phi) is 8.09. The number of halogens is 3. The number of alkyl halides is 3. The molecule has 0 spiro atoms. The Bertz CT molecular complexity index is 910. The zero-order chi connectivity index (χ0) is 23.1. The molecule has 1 atom stereocenters. The van der Waals surface area contributed by atoms with E-state index in [1.54, 1.807) is 20.8 Å². The normalized spacial score (nSPS) is 12.7. The molecule has 31 heavy (non-hydrogen) atoms. The fourth-order valence-electron chi connectivity index (χ4n) is 3.08. The minimum absolute atomic E-state index is 0.435. The van der Waals surface area contributed by atoms with Crippen molar-refractivity contribution in [3.05, 3.63) is 70.8 Å². The van der Waals surface area contributed by atoms with Gasteiger partial charge in [-0.25, -0.2) is 4.79 Å². The average molecular weight is 432 g/mol. The molecule has 0 fully saturated rings.